The van der Waals surface area contributed by atoms with Gasteiger partial charge in [0.2, 0.25) is 11.8 Å². The lowest BCUT2D eigenvalue weighted by Crippen LogP contribution is -2.23. The van der Waals surface area contributed by atoms with Crippen molar-refractivity contribution in [2.45, 2.75) is 33.4 Å². The van der Waals surface area contributed by atoms with Gasteiger partial charge in [-0.3, -0.25) is 4.79 Å². The van der Waals surface area contributed by atoms with Gasteiger partial charge in [0.25, 0.3) is 0 Å². The van der Waals surface area contributed by atoms with Crippen molar-refractivity contribution in [3.8, 4) is 5.88 Å². The van der Waals surface area contributed by atoms with E-state index in [1.807, 2.05) is 36.4 Å². The minimum absolute atomic E-state index is 0.0730. The number of pyridine rings is 1. The maximum Gasteiger partial charge on any atom is 0.235 e. The summed E-state index contributed by atoms with van der Waals surface area (Å²) in [6.45, 7) is 5.18. The van der Waals surface area contributed by atoms with Gasteiger partial charge in [-0.1, -0.05) is 24.3 Å². The first kappa shape index (κ1) is 23.9. The number of nitrogens with one attached hydrogen (secondary N) is 1. The number of hydrogen-bond acceptors (Lipinski definition) is 7. The highest BCUT2D eigenvalue weighted by atomic mass is 16.5. The molecule has 1 amide bonds. The third-order valence-corrected chi connectivity index (χ3v) is 6.08. The maximum atomic E-state index is 11.9. The van der Waals surface area contributed by atoms with Crippen LogP contribution in [0, 0.1) is 13.8 Å². The zero-order valence-corrected chi connectivity index (χ0v) is 20.5. The number of nitrogen functional groups attached to an aromatic ring is 1. The van der Waals surface area contributed by atoms with Crippen molar-refractivity contribution < 1.29 is 9.53 Å². The first-order valence-corrected chi connectivity index (χ1v) is 11.4. The molecule has 0 saturated heterocycles. The highest BCUT2D eigenvalue weighted by Crippen LogP contribution is 2.28. The molecule has 0 spiro atoms. The van der Waals surface area contributed by atoms with Crippen molar-refractivity contribution in [2.75, 3.05) is 25.1 Å². The predicted molar refractivity (Wildman–Crippen MR) is 138 cm³/mol. The Morgan fingerprint density at radius 2 is 1.80 bits per heavy atom. The van der Waals surface area contributed by atoms with Crippen molar-refractivity contribution in [1.82, 2.24) is 20.1 Å². The van der Waals surface area contributed by atoms with E-state index in [1.54, 1.807) is 31.4 Å². The van der Waals surface area contributed by atoms with Gasteiger partial charge in [0.1, 0.15) is 12.4 Å². The molecule has 180 valence electrons. The Bertz CT molecular complexity index is 1350. The molecule has 35 heavy (non-hydrogen) atoms. The lowest BCUT2D eigenvalue weighted by Gasteiger charge is -2.15. The van der Waals surface area contributed by atoms with Gasteiger partial charge in [-0.15, -0.1) is 5.10 Å². The van der Waals surface area contributed by atoms with Crippen molar-refractivity contribution in [3.63, 3.8) is 0 Å². The Kier molecular flexibility index (Phi) is 7.10. The molecule has 2 aromatic heterocycles. The number of carbonyl (C=O) groups excluding carboxylic acids is 1. The van der Waals surface area contributed by atoms with Crippen LogP contribution in [0.25, 0.3) is 10.8 Å². The average Bonchev–Trinajstić information content (AvgIpc) is 2.84. The van der Waals surface area contributed by atoms with Crippen LogP contribution in [-0.2, 0) is 24.4 Å². The summed E-state index contributed by atoms with van der Waals surface area (Å²) in [5.74, 6) is 1.06. The predicted octanol–water partition coefficient (Wildman–Crippen LogP) is 4.05. The van der Waals surface area contributed by atoms with Crippen molar-refractivity contribution in [1.29, 1.82) is 0 Å². The summed E-state index contributed by atoms with van der Waals surface area (Å²) in [6, 6.07) is 13.7. The second kappa shape index (κ2) is 10.4. The Morgan fingerprint density at radius 3 is 2.54 bits per heavy atom. The zero-order valence-electron chi connectivity index (χ0n) is 20.5. The first-order valence-electron chi connectivity index (χ1n) is 11.4. The topological polar surface area (TPSA) is 106 Å². The minimum atomic E-state index is 0.0730. The summed E-state index contributed by atoms with van der Waals surface area (Å²) in [6.07, 6.45) is 3.80. The normalized spacial score (nSPS) is 10.9. The van der Waals surface area contributed by atoms with E-state index < -0.39 is 0 Å². The lowest BCUT2D eigenvalue weighted by molar-refractivity contribution is -0.127. The van der Waals surface area contributed by atoms with Crippen LogP contribution in [0.3, 0.4) is 0 Å². The number of likely N-dealkylation sites (N-methyl/N-ethyl adjacent to an activating group) is 1. The summed E-state index contributed by atoms with van der Waals surface area (Å²) in [5, 5.41) is 13.7. The van der Waals surface area contributed by atoms with Gasteiger partial charge in [-0.25, -0.2) is 4.98 Å². The van der Waals surface area contributed by atoms with Crippen LogP contribution >= 0.6 is 0 Å². The third-order valence-electron chi connectivity index (χ3n) is 6.08. The standard InChI is InChI=1S/C27H30N6O2/c1-17-11-23-22(9-10-29-27(23)28)18(2)24(17)15-30-21-13-25(32-31-14-21)35-16-20-7-5-19(6-8-20)12-26(34)33(3)4/h5-11,13-14H,12,15-16H2,1-4H3,(H2,28,29)(H,30,32). The highest BCUT2D eigenvalue weighted by Gasteiger charge is 2.11. The maximum absolute atomic E-state index is 11.9. The van der Waals surface area contributed by atoms with E-state index in [2.05, 4.69) is 40.4 Å². The van der Waals surface area contributed by atoms with E-state index in [9.17, 15) is 4.79 Å². The number of aromatic nitrogens is 3. The lowest BCUT2D eigenvalue weighted by atomic mass is 9.96. The fourth-order valence-corrected chi connectivity index (χ4v) is 3.95. The molecule has 0 radical (unpaired) electrons. The molecule has 2 aromatic carbocycles. The summed E-state index contributed by atoms with van der Waals surface area (Å²) >= 11 is 0. The molecular weight excluding hydrogens is 440 g/mol. The molecule has 8 nitrogen and oxygen atoms in total. The van der Waals surface area contributed by atoms with Crippen LogP contribution < -0.4 is 15.8 Å². The van der Waals surface area contributed by atoms with E-state index in [0.29, 0.717) is 31.3 Å². The summed E-state index contributed by atoms with van der Waals surface area (Å²) < 4.78 is 5.85. The van der Waals surface area contributed by atoms with Gasteiger partial charge in [-0.2, -0.15) is 5.10 Å². The molecule has 0 atom stereocenters. The van der Waals surface area contributed by atoms with Crippen LogP contribution in [-0.4, -0.2) is 40.1 Å². The summed E-state index contributed by atoms with van der Waals surface area (Å²) in [5.41, 5.74) is 12.4. The molecule has 0 aliphatic heterocycles. The van der Waals surface area contributed by atoms with Crippen molar-refractivity contribution in [2.24, 2.45) is 0 Å². The van der Waals surface area contributed by atoms with Gasteiger partial charge >= 0.3 is 0 Å². The number of ether oxygens (including phenoxy) is 1. The molecule has 0 saturated carbocycles. The largest absolute Gasteiger partial charge is 0.472 e. The molecule has 4 rings (SSSR count). The number of rotatable bonds is 8. The average molecular weight is 471 g/mol. The van der Waals surface area contributed by atoms with Crippen LogP contribution in [0.15, 0.2) is 54.9 Å². The van der Waals surface area contributed by atoms with Gasteiger partial charge in [0, 0.05) is 38.3 Å². The fourth-order valence-electron chi connectivity index (χ4n) is 3.95. The van der Waals surface area contributed by atoms with E-state index in [-0.39, 0.29) is 5.91 Å². The van der Waals surface area contributed by atoms with Crippen LogP contribution in [0.4, 0.5) is 11.5 Å². The molecule has 0 fully saturated rings. The smallest absolute Gasteiger partial charge is 0.235 e. The van der Waals surface area contributed by atoms with E-state index in [0.717, 1.165) is 33.2 Å². The van der Waals surface area contributed by atoms with E-state index >= 15 is 0 Å². The Balaban J connectivity index is 1.39. The molecule has 0 bridgehead atoms. The van der Waals surface area contributed by atoms with Gasteiger partial charge < -0.3 is 20.7 Å². The zero-order chi connectivity index (χ0) is 24.9. The highest BCUT2D eigenvalue weighted by molar-refractivity contribution is 5.94. The summed E-state index contributed by atoms with van der Waals surface area (Å²) in [7, 11) is 3.51. The molecule has 0 aliphatic rings. The van der Waals surface area contributed by atoms with Gasteiger partial charge in [0.15, 0.2) is 0 Å². The number of benzene rings is 2. The minimum Gasteiger partial charge on any atom is -0.472 e. The monoisotopic (exact) mass is 470 g/mol. The second-order valence-corrected chi connectivity index (χ2v) is 8.79. The molecule has 0 aliphatic carbocycles. The quantitative estimate of drug-likeness (QED) is 0.400. The van der Waals surface area contributed by atoms with Crippen LogP contribution in [0.1, 0.15) is 27.8 Å². The number of fused-ring (bicyclic) bond motifs is 1. The first-order chi connectivity index (χ1) is 16.8. The number of amides is 1. The van der Waals surface area contributed by atoms with Crippen LogP contribution in [0.5, 0.6) is 5.88 Å². The van der Waals surface area contributed by atoms with Crippen molar-refractivity contribution >= 4 is 28.2 Å². The number of nitrogens with two attached hydrogens (primary N) is 1. The number of nitrogens with zero attached hydrogens (tertiary/aromatic N) is 4. The molecule has 0 unspecified atom stereocenters. The molecular formula is C27H30N6O2. The Hall–Kier alpha value is -4.20. The molecule has 4 aromatic rings. The van der Waals surface area contributed by atoms with Gasteiger partial charge in [-0.05, 0) is 59.2 Å². The third kappa shape index (κ3) is 5.66. The fraction of sp³-hybridized carbons (Fsp3) is 0.259. The Labute approximate surface area is 205 Å². The number of aryl methyl sites for hydroxylation is 2. The molecule has 2 heterocycles. The number of hydrogen-bond donors (Lipinski definition) is 2. The molecule has 3 N–H and O–H groups in total. The van der Waals surface area contributed by atoms with Crippen molar-refractivity contribution in [3.05, 3.63) is 82.7 Å². The second-order valence-electron chi connectivity index (χ2n) is 8.79. The van der Waals surface area contributed by atoms with Crippen LogP contribution in [0.2, 0.25) is 0 Å². The van der Waals surface area contributed by atoms with E-state index in [4.69, 9.17) is 10.5 Å². The number of anilines is 2. The Morgan fingerprint density at radius 1 is 1.06 bits per heavy atom. The summed E-state index contributed by atoms with van der Waals surface area (Å²) in [4.78, 5) is 17.7. The SMILES string of the molecule is Cc1cc2c(N)nccc2c(C)c1CNc1cnnc(OCc2ccc(CC(=O)N(C)C)cc2)c1. The van der Waals surface area contributed by atoms with Gasteiger partial charge in [0.05, 0.1) is 18.3 Å². The molecule has 8 heteroatoms. The number of carbonyl (C=O) groups is 1. The van der Waals surface area contributed by atoms with E-state index in [1.165, 1.54) is 11.1 Å².